The van der Waals surface area contributed by atoms with Crippen LogP contribution in [0.4, 0.5) is 0 Å². The topological polar surface area (TPSA) is 55.6 Å². The Bertz CT molecular complexity index is 290. The summed E-state index contributed by atoms with van der Waals surface area (Å²) in [4.78, 5) is 14.3. The van der Waals surface area contributed by atoms with Gasteiger partial charge in [0.05, 0.1) is 6.61 Å². The predicted octanol–water partition coefficient (Wildman–Crippen LogP) is 2.17. The maximum absolute atomic E-state index is 11.7. The van der Waals surface area contributed by atoms with Crippen molar-refractivity contribution in [1.82, 2.24) is 4.90 Å². The van der Waals surface area contributed by atoms with Crippen molar-refractivity contribution in [3.63, 3.8) is 0 Å². The van der Waals surface area contributed by atoms with Crippen LogP contribution in [0.2, 0.25) is 0 Å². The van der Waals surface area contributed by atoms with Gasteiger partial charge in [-0.15, -0.1) is 0 Å². The SMILES string of the molecule is CCOC(=O)C(C)(N)CCCN1CCCC1C(C)C. The molecule has 0 amide bonds. The monoisotopic (exact) mass is 270 g/mol. The van der Waals surface area contributed by atoms with Crippen molar-refractivity contribution >= 4 is 5.97 Å². The second-order valence-electron chi connectivity index (χ2n) is 6.23. The minimum absolute atomic E-state index is 0.281. The molecule has 0 aromatic rings. The smallest absolute Gasteiger partial charge is 0.325 e. The summed E-state index contributed by atoms with van der Waals surface area (Å²) in [6, 6.07) is 0.701. The zero-order valence-electron chi connectivity index (χ0n) is 12.9. The lowest BCUT2D eigenvalue weighted by molar-refractivity contribution is -0.149. The first-order valence-electron chi connectivity index (χ1n) is 7.58. The fourth-order valence-corrected chi connectivity index (χ4v) is 2.93. The molecule has 1 aliphatic heterocycles. The third-order valence-corrected chi connectivity index (χ3v) is 4.07. The number of carbonyl (C=O) groups is 1. The first-order valence-corrected chi connectivity index (χ1v) is 7.58. The molecule has 1 rings (SSSR count). The third-order valence-electron chi connectivity index (χ3n) is 4.07. The second-order valence-corrected chi connectivity index (χ2v) is 6.23. The molecule has 2 N–H and O–H groups in total. The number of carbonyl (C=O) groups excluding carboxylic acids is 1. The largest absolute Gasteiger partial charge is 0.465 e. The van der Waals surface area contributed by atoms with Crippen LogP contribution in [0.15, 0.2) is 0 Å². The van der Waals surface area contributed by atoms with Crippen molar-refractivity contribution in [2.75, 3.05) is 19.7 Å². The molecule has 0 aliphatic carbocycles. The van der Waals surface area contributed by atoms with Crippen molar-refractivity contribution in [2.45, 2.75) is 65.0 Å². The van der Waals surface area contributed by atoms with Crippen LogP contribution in [0.3, 0.4) is 0 Å². The number of hydrogen-bond acceptors (Lipinski definition) is 4. The molecule has 1 heterocycles. The summed E-state index contributed by atoms with van der Waals surface area (Å²) in [5.41, 5.74) is 5.19. The number of rotatable bonds is 7. The number of likely N-dealkylation sites (tertiary alicyclic amines) is 1. The molecular weight excluding hydrogens is 240 g/mol. The molecular formula is C15H30N2O2. The van der Waals surface area contributed by atoms with E-state index in [1.54, 1.807) is 6.92 Å². The zero-order valence-corrected chi connectivity index (χ0v) is 12.9. The Morgan fingerprint density at radius 3 is 2.79 bits per heavy atom. The molecule has 4 nitrogen and oxygen atoms in total. The molecule has 1 saturated heterocycles. The first-order chi connectivity index (χ1) is 8.88. The van der Waals surface area contributed by atoms with Gasteiger partial charge in [-0.2, -0.15) is 0 Å². The second kappa shape index (κ2) is 7.25. The lowest BCUT2D eigenvalue weighted by Crippen LogP contribution is -2.46. The Hall–Kier alpha value is -0.610. The Labute approximate surface area is 117 Å². The number of ether oxygens (including phenoxy) is 1. The van der Waals surface area contributed by atoms with E-state index in [4.69, 9.17) is 10.5 Å². The molecule has 0 bridgehead atoms. The summed E-state index contributed by atoms with van der Waals surface area (Å²) in [7, 11) is 0. The Morgan fingerprint density at radius 2 is 2.21 bits per heavy atom. The summed E-state index contributed by atoms with van der Waals surface area (Å²) < 4.78 is 5.01. The average molecular weight is 270 g/mol. The Morgan fingerprint density at radius 1 is 1.53 bits per heavy atom. The molecule has 1 aliphatic rings. The number of hydrogen-bond donors (Lipinski definition) is 1. The van der Waals surface area contributed by atoms with Gasteiger partial charge in [0.1, 0.15) is 5.54 Å². The summed E-state index contributed by atoms with van der Waals surface area (Å²) in [6.45, 7) is 10.8. The van der Waals surface area contributed by atoms with Crippen LogP contribution in [-0.2, 0) is 9.53 Å². The van der Waals surface area contributed by atoms with Crippen molar-refractivity contribution in [3.05, 3.63) is 0 Å². The molecule has 19 heavy (non-hydrogen) atoms. The normalized spacial score (nSPS) is 23.6. The molecule has 0 aromatic carbocycles. The van der Waals surface area contributed by atoms with Crippen LogP contribution >= 0.6 is 0 Å². The molecule has 1 fully saturated rings. The zero-order chi connectivity index (χ0) is 14.5. The highest BCUT2D eigenvalue weighted by Crippen LogP contribution is 2.24. The molecule has 4 heteroatoms. The summed E-state index contributed by atoms with van der Waals surface area (Å²) in [5.74, 6) is 0.425. The van der Waals surface area contributed by atoms with E-state index in [2.05, 4.69) is 18.7 Å². The Kier molecular flexibility index (Phi) is 6.27. The van der Waals surface area contributed by atoms with Gasteiger partial charge in [-0.25, -0.2) is 0 Å². The summed E-state index contributed by atoms with van der Waals surface area (Å²) in [6.07, 6.45) is 4.23. The van der Waals surface area contributed by atoms with Gasteiger partial charge >= 0.3 is 5.97 Å². The van der Waals surface area contributed by atoms with Gasteiger partial charge in [-0.1, -0.05) is 13.8 Å². The summed E-state index contributed by atoms with van der Waals surface area (Å²) in [5, 5.41) is 0. The van der Waals surface area contributed by atoms with Gasteiger partial charge in [0.15, 0.2) is 0 Å². The highest BCUT2D eigenvalue weighted by molar-refractivity contribution is 5.79. The van der Waals surface area contributed by atoms with Gasteiger partial charge in [-0.3, -0.25) is 4.79 Å². The van der Waals surface area contributed by atoms with E-state index >= 15 is 0 Å². The van der Waals surface area contributed by atoms with E-state index in [9.17, 15) is 4.79 Å². The van der Waals surface area contributed by atoms with Crippen molar-refractivity contribution in [3.8, 4) is 0 Å². The highest BCUT2D eigenvalue weighted by Gasteiger charge is 2.31. The molecule has 2 atom stereocenters. The van der Waals surface area contributed by atoms with Crippen LogP contribution in [0.5, 0.6) is 0 Å². The van der Waals surface area contributed by atoms with Crippen LogP contribution in [0, 0.1) is 5.92 Å². The van der Waals surface area contributed by atoms with Crippen LogP contribution in [0.25, 0.3) is 0 Å². The molecule has 2 unspecified atom stereocenters. The quantitative estimate of drug-likeness (QED) is 0.720. The number of esters is 1. The lowest BCUT2D eigenvalue weighted by Gasteiger charge is -2.29. The summed E-state index contributed by atoms with van der Waals surface area (Å²) >= 11 is 0. The maximum atomic E-state index is 11.7. The molecule has 0 radical (unpaired) electrons. The minimum atomic E-state index is -0.844. The standard InChI is InChI=1S/C15H30N2O2/c1-5-19-14(18)15(4,16)9-7-11-17-10-6-8-13(17)12(2)3/h12-13H,5-11,16H2,1-4H3. The Balaban J connectivity index is 2.35. The van der Waals surface area contributed by atoms with Gasteiger partial charge in [0.25, 0.3) is 0 Å². The minimum Gasteiger partial charge on any atom is -0.465 e. The first kappa shape index (κ1) is 16.4. The van der Waals surface area contributed by atoms with E-state index in [0.717, 1.165) is 13.0 Å². The fraction of sp³-hybridized carbons (Fsp3) is 0.933. The molecule has 0 aromatic heterocycles. The third kappa shape index (κ3) is 4.77. The average Bonchev–Trinajstić information content (AvgIpc) is 2.77. The number of nitrogens with zero attached hydrogens (tertiary/aromatic N) is 1. The predicted molar refractivity (Wildman–Crippen MR) is 77.9 cm³/mol. The van der Waals surface area contributed by atoms with Gasteiger partial charge in [0.2, 0.25) is 0 Å². The van der Waals surface area contributed by atoms with Gasteiger partial charge < -0.3 is 15.4 Å². The van der Waals surface area contributed by atoms with Crippen LogP contribution < -0.4 is 5.73 Å². The fourth-order valence-electron chi connectivity index (χ4n) is 2.93. The van der Waals surface area contributed by atoms with E-state index in [0.29, 0.717) is 25.0 Å². The van der Waals surface area contributed by atoms with E-state index in [1.165, 1.54) is 19.4 Å². The maximum Gasteiger partial charge on any atom is 0.325 e. The van der Waals surface area contributed by atoms with E-state index < -0.39 is 5.54 Å². The van der Waals surface area contributed by atoms with E-state index in [1.807, 2.05) is 6.92 Å². The highest BCUT2D eigenvalue weighted by atomic mass is 16.5. The van der Waals surface area contributed by atoms with Gasteiger partial charge in [-0.05, 0) is 58.5 Å². The molecule has 0 saturated carbocycles. The van der Waals surface area contributed by atoms with Crippen molar-refractivity contribution in [1.29, 1.82) is 0 Å². The van der Waals surface area contributed by atoms with Crippen LogP contribution in [0.1, 0.15) is 53.4 Å². The molecule has 112 valence electrons. The lowest BCUT2D eigenvalue weighted by atomic mass is 9.96. The van der Waals surface area contributed by atoms with Crippen molar-refractivity contribution in [2.24, 2.45) is 11.7 Å². The molecule has 0 spiro atoms. The number of nitrogens with two attached hydrogens (primary N) is 1. The van der Waals surface area contributed by atoms with E-state index in [-0.39, 0.29) is 5.97 Å². The van der Waals surface area contributed by atoms with Crippen LogP contribution in [-0.4, -0.2) is 42.1 Å². The van der Waals surface area contributed by atoms with Gasteiger partial charge in [0, 0.05) is 6.04 Å². The van der Waals surface area contributed by atoms with Crippen molar-refractivity contribution < 1.29 is 9.53 Å².